The van der Waals surface area contributed by atoms with Crippen LogP contribution in [0.25, 0.3) is 0 Å². The molecule has 0 saturated carbocycles. The lowest BCUT2D eigenvalue weighted by Crippen LogP contribution is -2.42. The van der Waals surface area contributed by atoms with E-state index in [0.717, 1.165) is 18.9 Å². The molecule has 1 aliphatic heterocycles. The van der Waals surface area contributed by atoms with Gasteiger partial charge in [-0.3, -0.25) is 4.99 Å². The van der Waals surface area contributed by atoms with Crippen molar-refractivity contribution in [3.05, 3.63) is 0 Å². The molecule has 1 heterocycles. The topological polar surface area (TPSA) is 50.4 Å². The van der Waals surface area contributed by atoms with E-state index in [-0.39, 0.29) is 6.04 Å². The summed E-state index contributed by atoms with van der Waals surface area (Å²) in [5, 5.41) is 3.32. The number of aliphatic imine (C=N–C) groups is 1. The lowest BCUT2D eigenvalue weighted by atomic mass is 9.94. The van der Waals surface area contributed by atoms with Gasteiger partial charge in [-0.05, 0) is 12.3 Å². The van der Waals surface area contributed by atoms with Gasteiger partial charge in [0.15, 0.2) is 0 Å². The summed E-state index contributed by atoms with van der Waals surface area (Å²) >= 11 is 0. The molecule has 0 saturated heterocycles. The highest BCUT2D eigenvalue weighted by Crippen LogP contribution is 2.17. The minimum Gasteiger partial charge on any atom is -0.371 e. The quantitative estimate of drug-likeness (QED) is 0.248. The fourth-order valence-corrected chi connectivity index (χ4v) is 4.10. The smallest absolute Gasteiger partial charge is 0.114 e. The Morgan fingerprint density at radius 2 is 1.22 bits per heavy atom. The van der Waals surface area contributed by atoms with E-state index >= 15 is 0 Å². The lowest BCUT2D eigenvalue weighted by molar-refractivity contribution is 0.454. The molecule has 0 fully saturated rings. The lowest BCUT2D eigenvalue weighted by Gasteiger charge is -2.20. The van der Waals surface area contributed by atoms with E-state index in [4.69, 9.17) is 5.73 Å². The number of nitrogens with zero attached hydrogens (tertiary/aromatic N) is 1. The van der Waals surface area contributed by atoms with E-state index < -0.39 is 0 Å². The average molecular weight is 380 g/mol. The summed E-state index contributed by atoms with van der Waals surface area (Å²) in [6.45, 7) is 6.43. The SMILES string of the molecule is CCCCCCCCCCCCCCCCCCC(C)C(N)C1=NCCN1. The standard InChI is InChI=1S/C24H49N3/c1-3-4-5-6-7-8-9-10-11-12-13-14-15-16-17-18-19-22(2)23(25)24-26-20-21-27-24/h22-23H,3-21,25H2,1-2H3,(H,26,27). The third kappa shape index (κ3) is 13.3. The van der Waals surface area contributed by atoms with Gasteiger partial charge in [0.1, 0.15) is 5.84 Å². The van der Waals surface area contributed by atoms with Gasteiger partial charge in [0.05, 0.1) is 12.6 Å². The van der Waals surface area contributed by atoms with E-state index in [1.807, 2.05) is 0 Å². The molecular formula is C24H49N3. The monoisotopic (exact) mass is 379 g/mol. The fraction of sp³-hybridized carbons (Fsp3) is 0.958. The van der Waals surface area contributed by atoms with Crippen LogP contribution in [-0.2, 0) is 0 Å². The molecule has 0 radical (unpaired) electrons. The molecule has 0 amide bonds. The summed E-state index contributed by atoms with van der Waals surface area (Å²) in [5.41, 5.74) is 6.30. The Morgan fingerprint density at radius 1 is 0.778 bits per heavy atom. The van der Waals surface area contributed by atoms with Gasteiger partial charge in [0, 0.05) is 6.54 Å². The van der Waals surface area contributed by atoms with Crippen molar-refractivity contribution >= 4 is 5.84 Å². The van der Waals surface area contributed by atoms with Crippen molar-refractivity contribution in [2.24, 2.45) is 16.6 Å². The van der Waals surface area contributed by atoms with E-state index in [0.29, 0.717) is 5.92 Å². The van der Waals surface area contributed by atoms with Gasteiger partial charge in [-0.25, -0.2) is 0 Å². The van der Waals surface area contributed by atoms with Crippen LogP contribution in [0.2, 0.25) is 0 Å². The summed E-state index contributed by atoms with van der Waals surface area (Å²) in [5.74, 6) is 1.58. The number of hydrogen-bond donors (Lipinski definition) is 2. The predicted molar refractivity (Wildman–Crippen MR) is 122 cm³/mol. The van der Waals surface area contributed by atoms with Crippen LogP contribution in [0.5, 0.6) is 0 Å². The maximum Gasteiger partial charge on any atom is 0.114 e. The Hall–Kier alpha value is -0.570. The Morgan fingerprint density at radius 3 is 1.63 bits per heavy atom. The van der Waals surface area contributed by atoms with Crippen molar-refractivity contribution in [2.45, 2.75) is 129 Å². The van der Waals surface area contributed by atoms with Crippen LogP contribution in [0.4, 0.5) is 0 Å². The first-order chi connectivity index (χ1) is 13.3. The van der Waals surface area contributed by atoms with Crippen LogP contribution in [0.15, 0.2) is 4.99 Å². The molecule has 0 aromatic carbocycles. The van der Waals surface area contributed by atoms with Crippen LogP contribution in [0.3, 0.4) is 0 Å². The van der Waals surface area contributed by atoms with Crippen LogP contribution in [0.1, 0.15) is 123 Å². The van der Waals surface area contributed by atoms with Crippen LogP contribution >= 0.6 is 0 Å². The van der Waals surface area contributed by atoms with Crippen LogP contribution < -0.4 is 11.1 Å². The molecule has 0 bridgehead atoms. The zero-order valence-corrected chi connectivity index (χ0v) is 18.6. The summed E-state index contributed by atoms with van der Waals surface area (Å²) in [4.78, 5) is 4.46. The van der Waals surface area contributed by atoms with Crippen LogP contribution in [-0.4, -0.2) is 25.0 Å². The zero-order chi connectivity index (χ0) is 19.6. The first-order valence-electron chi connectivity index (χ1n) is 12.3. The molecule has 1 rings (SSSR count). The van der Waals surface area contributed by atoms with Gasteiger partial charge < -0.3 is 11.1 Å². The van der Waals surface area contributed by atoms with Crippen molar-refractivity contribution < 1.29 is 0 Å². The molecule has 1 aliphatic rings. The molecule has 0 aliphatic carbocycles. The Bertz CT molecular complexity index is 354. The Balaban J connectivity index is 1.76. The molecule has 2 unspecified atom stereocenters. The van der Waals surface area contributed by atoms with Crippen molar-refractivity contribution in [3.8, 4) is 0 Å². The molecule has 0 aromatic rings. The Kier molecular flexibility index (Phi) is 15.9. The van der Waals surface area contributed by atoms with Gasteiger partial charge in [-0.2, -0.15) is 0 Å². The summed E-state index contributed by atoms with van der Waals surface area (Å²) in [7, 11) is 0. The highest BCUT2D eigenvalue weighted by atomic mass is 15.1. The number of nitrogens with two attached hydrogens (primary N) is 1. The molecule has 27 heavy (non-hydrogen) atoms. The zero-order valence-electron chi connectivity index (χ0n) is 18.6. The third-order valence-corrected chi connectivity index (χ3v) is 6.14. The van der Waals surface area contributed by atoms with Crippen molar-refractivity contribution in [2.75, 3.05) is 13.1 Å². The number of rotatable bonds is 19. The number of nitrogens with one attached hydrogen (secondary N) is 1. The number of hydrogen-bond acceptors (Lipinski definition) is 3. The van der Waals surface area contributed by atoms with E-state index in [1.54, 1.807) is 0 Å². The van der Waals surface area contributed by atoms with Crippen LogP contribution in [0, 0.1) is 5.92 Å². The fourth-order valence-electron chi connectivity index (χ4n) is 4.10. The summed E-state index contributed by atoms with van der Waals surface area (Å²) in [6, 6.07) is 0.115. The van der Waals surface area contributed by atoms with Crippen molar-refractivity contribution in [3.63, 3.8) is 0 Å². The largest absolute Gasteiger partial charge is 0.371 e. The maximum atomic E-state index is 6.30. The van der Waals surface area contributed by atoms with Gasteiger partial charge in [-0.1, -0.05) is 117 Å². The summed E-state index contributed by atoms with van der Waals surface area (Å²) < 4.78 is 0. The average Bonchev–Trinajstić information content (AvgIpc) is 3.21. The van der Waals surface area contributed by atoms with E-state index in [9.17, 15) is 0 Å². The third-order valence-electron chi connectivity index (χ3n) is 6.14. The molecule has 0 aromatic heterocycles. The highest BCUT2D eigenvalue weighted by Gasteiger charge is 2.20. The van der Waals surface area contributed by atoms with Gasteiger partial charge in [0.25, 0.3) is 0 Å². The molecule has 0 spiro atoms. The molecule has 160 valence electrons. The minimum atomic E-state index is 0.115. The number of unbranched alkanes of at least 4 members (excludes halogenated alkanes) is 15. The van der Waals surface area contributed by atoms with E-state index in [2.05, 4.69) is 24.2 Å². The minimum absolute atomic E-state index is 0.115. The van der Waals surface area contributed by atoms with E-state index in [1.165, 1.54) is 109 Å². The molecule has 3 heteroatoms. The first kappa shape index (κ1) is 24.5. The van der Waals surface area contributed by atoms with Gasteiger partial charge in [0.2, 0.25) is 0 Å². The van der Waals surface area contributed by atoms with Gasteiger partial charge in [-0.15, -0.1) is 0 Å². The second-order valence-electron chi connectivity index (χ2n) is 8.79. The van der Waals surface area contributed by atoms with Crippen molar-refractivity contribution in [1.82, 2.24) is 5.32 Å². The van der Waals surface area contributed by atoms with Crippen molar-refractivity contribution in [1.29, 1.82) is 0 Å². The maximum absolute atomic E-state index is 6.30. The molecule has 2 atom stereocenters. The Labute approximate surface area is 170 Å². The number of amidine groups is 1. The predicted octanol–water partition coefficient (Wildman–Crippen LogP) is 6.60. The second kappa shape index (κ2) is 17.5. The first-order valence-corrected chi connectivity index (χ1v) is 12.3. The summed E-state index contributed by atoms with van der Waals surface area (Å²) in [6.07, 6.45) is 24.1. The highest BCUT2D eigenvalue weighted by molar-refractivity contribution is 5.88. The molecular weight excluding hydrogens is 330 g/mol. The molecule has 3 nitrogen and oxygen atoms in total. The van der Waals surface area contributed by atoms with Gasteiger partial charge >= 0.3 is 0 Å². The normalized spacial score (nSPS) is 16.2. The molecule has 3 N–H and O–H groups in total. The second-order valence-corrected chi connectivity index (χ2v) is 8.79.